The molecule has 27 heavy (non-hydrogen) atoms. The van der Waals surface area contributed by atoms with Crippen molar-refractivity contribution in [2.75, 3.05) is 6.54 Å². The fraction of sp³-hybridized carbons (Fsp3) is 0.696. The minimum atomic E-state index is -0.725. The monoisotopic (exact) mass is 377 g/mol. The van der Waals surface area contributed by atoms with Gasteiger partial charge in [0.2, 0.25) is 0 Å². The lowest BCUT2D eigenvalue weighted by atomic mass is 9.83. The van der Waals surface area contributed by atoms with Crippen molar-refractivity contribution >= 4 is 6.09 Å². The molecule has 0 saturated heterocycles. The first-order chi connectivity index (χ1) is 12.7. The van der Waals surface area contributed by atoms with Gasteiger partial charge < -0.3 is 15.2 Å². The van der Waals surface area contributed by atoms with Gasteiger partial charge in [0.25, 0.3) is 0 Å². The molecule has 154 valence electrons. The molecule has 0 aliphatic carbocycles. The number of ether oxygens (including phenoxy) is 1. The summed E-state index contributed by atoms with van der Waals surface area (Å²) in [6.07, 6.45) is 7.19. The highest BCUT2D eigenvalue weighted by Crippen LogP contribution is 2.33. The van der Waals surface area contributed by atoms with Gasteiger partial charge >= 0.3 is 6.09 Å². The number of amides is 1. The van der Waals surface area contributed by atoms with E-state index in [1.165, 1.54) is 5.56 Å². The van der Waals surface area contributed by atoms with Crippen LogP contribution in [0, 0.1) is 0 Å². The molecule has 2 N–H and O–H groups in total. The molecule has 4 heteroatoms. The minimum Gasteiger partial charge on any atom is -0.444 e. The maximum atomic E-state index is 11.7. The van der Waals surface area contributed by atoms with E-state index in [0.717, 1.165) is 56.9 Å². The summed E-state index contributed by atoms with van der Waals surface area (Å²) in [5.41, 5.74) is 1.03. The lowest BCUT2D eigenvalue weighted by Crippen LogP contribution is -2.33. The van der Waals surface area contributed by atoms with Crippen molar-refractivity contribution in [2.24, 2.45) is 0 Å². The number of carbonyl (C=O) groups is 1. The first kappa shape index (κ1) is 23.5. The fourth-order valence-electron chi connectivity index (χ4n) is 3.17. The number of hydrogen-bond donors (Lipinski definition) is 2. The van der Waals surface area contributed by atoms with Gasteiger partial charge in [0.15, 0.2) is 0 Å². The van der Waals surface area contributed by atoms with Crippen molar-refractivity contribution < 1.29 is 14.6 Å². The van der Waals surface area contributed by atoms with Gasteiger partial charge in [0.1, 0.15) is 5.60 Å². The van der Waals surface area contributed by atoms with Crippen molar-refractivity contribution in [3.05, 3.63) is 35.4 Å². The second-order valence-electron chi connectivity index (χ2n) is 8.47. The molecule has 4 nitrogen and oxygen atoms in total. The smallest absolute Gasteiger partial charge is 0.407 e. The largest absolute Gasteiger partial charge is 0.444 e. The number of aryl methyl sites for hydroxylation is 1. The molecular formula is C23H39NO3. The van der Waals surface area contributed by atoms with E-state index in [9.17, 15) is 9.90 Å². The Hall–Kier alpha value is -1.55. The zero-order valence-electron chi connectivity index (χ0n) is 17.9. The van der Waals surface area contributed by atoms with Crippen LogP contribution >= 0.6 is 0 Å². The third kappa shape index (κ3) is 9.28. The summed E-state index contributed by atoms with van der Waals surface area (Å²) in [6.45, 7) is 10.5. The van der Waals surface area contributed by atoms with Crippen LogP contribution in [0.5, 0.6) is 0 Å². The predicted molar refractivity (Wildman–Crippen MR) is 112 cm³/mol. The quantitative estimate of drug-likeness (QED) is 0.485. The summed E-state index contributed by atoms with van der Waals surface area (Å²) in [6, 6.07) is 8.32. The Kier molecular flexibility index (Phi) is 9.86. The first-order valence-electron chi connectivity index (χ1n) is 10.5. The molecule has 0 aromatic heterocycles. The summed E-state index contributed by atoms with van der Waals surface area (Å²) >= 11 is 0. The molecule has 0 atom stereocenters. The van der Waals surface area contributed by atoms with Crippen molar-refractivity contribution in [3.8, 4) is 0 Å². The maximum absolute atomic E-state index is 11.7. The van der Waals surface area contributed by atoms with Crippen LogP contribution in [0.4, 0.5) is 4.79 Å². The third-order valence-corrected chi connectivity index (χ3v) is 4.66. The van der Waals surface area contributed by atoms with Gasteiger partial charge in [-0.2, -0.15) is 0 Å². The van der Waals surface area contributed by atoms with E-state index in [-0.39, 0.29) is 6.09 Å². The Morgan fingerprint density at radius 2 is 1.70 bits per heavy atom. The SMILES string of the molecule is CCCCC(O)(CCCC)c1cccc(CCCNC(=O)OC(C)(C)C)c1. The first-order valence-corrected chi connectivity index (χ1v) is 10.5. The van der Waals surface area contributed by atoms with Crippen molar-refractivity contribution in [3.63, 3.8) is 0 Å². The number of benzene rings is 1. The molecule has 0 heterocycles. The number of alkyl carbamates (subject to hydrolysis) is 1. The van der Waals surface area contributed by atoms with E-state index in [4.69, 9.17) is 4.74 Å². The van der Waals surface area contributed by atoms with E-state index in [1.54, 1.807) is 0 Å². The average Bonchev–Trinajstić information content (AvgIpc) is 2.60. The van der Waals surface area contributed by atoms with Crippen LogP contribution in [0.3, 0.4) is 0 Å². The summed E-state index contributed by atoms with van der Waals surface area (Å²) in [4.78, 5) is 11.7. The summed E-state index contributed by atoms with van der Waals surface area (Å²) in [5.74, 6) is 0. The fourth-order valence-corrected chi connectivity index (χ4v) is 3.17. The number of hydrogen-bond acceptors (Lipinski definition) is 3. The molecule has 1 aromatic rings. The zero-order valence-corrected chi connectivity index (χ0v) is 17.9. The van der Waals surface area contributed by atoms with E-state index >= 15 is 0 Å². The highest BCUT2D eigenvalue weighted by Gasteiger charge is 2.28. The second kappa shape index (κ2) is 11.3. The molecule has 0 bridgehead atoms. The average molecular weight is 378 g/mol. The van der Waals surface area contributed by atoms with Crippen LogP contribution in [0.1, 0.15) is 90.7 Å². The minimum absolute atomic E-state index is 0.371. The Morgan fingerprint density at radius 1 is 1.07 bits per heavy atom. The molecular weight excluding hydrogens is 338 g/mol. The Balaban J connectivity index is 2.62. The summed E-state index contributed by atoms with van der Waals surface area (Å²) < 4.78 is 5.25. The van der Waals surface area contributed by atoms with Gasteiger partial charge in [-0.1, -0.05) is 63.8 Å². The normalized spacial score (nSPS) is 12.1. The summed E-state index contributed by atoms with van der Waals surface area (Å²) in [5, 5.41) is 14.0. The van der Waals surface area contributed by atoms with Gasteiger partial charge in [0, 0.05) is 6.54 Å². The molecule has 1 aromatic carbocycles. The van der Waals surface area contributed by atoms with Crippen molar-refractivity contribution in [1.29, 1.82) is 0 Å². The van der Waals surface area contributed by atoms with Gasteiger partial charge in [0.05, 0.1) is 5.60 Å². The topological polar surface area (TPSA) is 58.6 Å². The molecule has 1 rings (SSSR count). The zero-order chi connectivity index (χ0) is 20.3. The van der Waals surface area contributed by atoms with Gasteiger partial charge in [-0.15, -0.1) is 0 Å². The van der Waals surface area contributed by atoms with Crippen LogP contribution in [-0.4, -0.2) is 23.3 Å². The standard InChI is InChI=1S/C23H39NO3/c1-6-8-15-23(26,16-9-7-2)20-14-10-12-19(18-20)13-11-17-24-21(25)27-22(3,4)5/h10,12,14,18,26H,6-9,11,13,15-17H2,1-5H3,(H,24,25). The molecule has 0 aliphatic rings. The highest BCUT2D eigenvalue weighted by molar-refractivity contribution is 5.67. The van der Waals surface area contributed by atoms with Crippen LogP contribution in [-0.2, 0) is 16.8 Å². The molecule has 0 spiro atoms. The molecule has 0 aliphatic heterocycles. The van der Waals surface area contributed by atoms with Gasteiger partial charge in [-0.05, 0) is 57.6 Å². The van der Waals surface area contributed by atoms with E-state index < -0.39 is 11.2 Å². The third-order valence-electron chi connectivity index (χ3n) is 4.66. The lowest BCUT2D eigenvalue weighted by molar-refractivity contribution is 0.0141. The van der Waals surface area contributed by atoms with E-state index in [0.29, 0.717) is 6.54 Å². The second-order valence-corrected chi connectivity index (χ2v) is 8.47. The summed E-state index contributed by atoms with van der Waals surface area (Å²) in [7, 11) is 0. The van der Waals surface area contributed by atoms with Crippen molar-refractivity contribution in [1.82, 2.24) is 5.32 Å². The van der Waals surface area contributed by atoms with Crippen LogP contribution < -0.4 is 5.32 Å². The Labute approximate surface area is 165 Å². The van der Waals surface area contributed by atoms with Gasteiger partial charge in [-0.25, -0.2) is 4.79 Å². The molecule has 1 amide bonds. The number of nitrogens with one attached hydrogen (secondary N) is 1. The molecule has 0 unspecified atom stereocenters. The van der Waals surface area contributed by atoms with Crippen molar-refractivity contribution in [2.45, 2.75) is 97.2 Å². The lowest BCUT2D eigenvalue weighted by Gasteiger charge is -2.29. The predicted octanol–water partition coefficient (Wildman–Crippen LogP) is 5.71. The van der Waals surface area contributed by atoms with Crippen LogP contribution in [0.2, 0.25) is 0 Å². The van der Waals surface area contributed by atoms with E-state index in [1.807, 2.05) is 32.9 Å². The van der Waals surface area contributed by atoms with Gasteiger partial charge in [-0.3, -0.25) is 0 Å². The number of unbranched alkanes of at least 4 members (excludes halogenated alkanes) is 2. The Morgan fingerprint density at radius 3 is 2.26 bits per heavy atom. The Bertz CT molecular complexity index is 555. The number of aliphatic hydroxyl groups is 1. The number of rotatable bonds is 11. The highest BCUT2D eigenvalue weighted by atomic mass is 16.6. The maximum Gasteiger partial charge on any atom is 0.407 e. The van der Waals surface area contributed by atoms with E-state index in [2.05, 4.69) is 31.3 Å². The molecule has 0 radical (unpaired) electrons. The van der Waals surface area contributed by atoms with Crippen LogP contribution in [0.25, 0.3) is 0 Å². The number of carbonyl (C=O) groups excluding carboxylic acids is 1. The molecule has 0 fully saturated rings. The molecule has 0 saturated carbocycles. The van der Waals surface area contributed by atoms with Crippen LogP contribution in [0.15, 0.2) is 24.3 Å².